The first-order valence-electron chi connectivity index (χ1n) is 15.5. The van der Waals surface area contributed by atoms with Gasteiger partial charge in [0.25, 0.3) is 20.2 Å². The van der Waals surface area contributed by atoms with E-state index in [1.807, 2.05) is 0 Å². The fourth-order valence-electron chi connectivity index (χ4n) is 5.93. The summed E-state index contributed by atoms with van der Waals surface area (Å²) < 4.78 is 78.2. The molecule has 3 rings (SSSR count). The van der Waals surface area contributed by atoms with E-state index in [4.69, 9.17) is 4.42 Å². The summed E-state index contributed by atoms with van der Waals surface area (Å²) in [5, 5.41) is 0.404. The summed E-state index contributed by atoms with van der Waals surface area (Å²) in [4.78, 5) is -1.48. The van der Waals surface area contributed by atoms with Gasteiger partial charge in [0.15, 0.2) is 0 Å². The highest BCUT2D eigenvalue weighted by molar-refractivity contribution is 7.89. The van der Waals surface area contributed by atoms with Gasteiger partial charge in [-0.25, -0.2) is 0 Å². The van der Waals surface area contributed by atoms with E-state index in [9.17, 15) is 25.9 Å². The molecule has 0 unspecified atom stereocenters. The molecule has 230 valence electrons. The number of rotatable bonds is 20. The monoisotopic (exact) mass is 608 g/mol. The molecule has 3 aromatic rings. The fraction of sp³-hybridized carbons (Fsp3) is 0.625. The normalized spacial score (nSPS) is 12.6. The maximum absolute atomic E-state index is 12.9. The zero-order chi connectivity index (χ0) is 29.9. The summed E-state index contributed by atoms with van der Waals surface area (Å²) in [6, 6.07) is 6.78. The standard InChI is InChI=1S/C32H48O7S2/c1-3-5-7-9-11-13-15-17-21-25-26(22-18-16-14-12-10-8-6-4-2)31(40(33,34)35)32(41(36,37)38)29-27-23-19-20-24-28(27)39-30(25)29/h19-20,23-24H,3-18,21-22H2,1-2H3,(H,33,34,35)(H,36,37,38). The molecule has 1 heterocycles. The van der Waals surface area contributed by atoms with Gasteiger partial charge in [-0.3, -0.25) is 9.11 Å². The SMILES string of the molecule is CCCCCCCCCCc1c(S(=O)(=O)O)c(S(=O)(=O)O)c2c(oc3ccccc32)c1CCCCCCCCCC. The molecule has 2 aromatic carbocycles. The Hall–Kier alpha value is -1.94. The van der Waals surface area contributed by atoms with Crippen molar-refractivity contribution in [3.8, 4) is 0 Å². The van der Waals surface area contributed by atoms with Crippen LogP contribution in [0.4, 0.5) is 0 Å². The van der Waals surface area contributed by atoms with Crippen molar-refractivity contribution >= 4 is 42.2 Å². The Morgan fingerprint density at radius 2 is 1.02 bits per heavy atom. The average molecular weight is 609 g/mol. The molecule has 0 aliphatic rings. The third-order valence-electron chi connectivity index (χ3n) is 8.02. The van der Waals surface area contributed by atoms with Gasteiger partial charge in [0, 0.05) is 10.9 Å². The number of unbranched alkanes of at least 4 members (excludes halogenated alkanes) is 14. The van der Waals surface area contributed by atoms with Crippen LogP contribution in [0.1, 0.15) is 128 Å². The maximum Gasteiger partial charge on any atom is 0.296 e. The van der Waals surface area contributed by atoms with Gasteiger partial charge < -0.3 is 4.42 Å². The van der Waals surface area contributed by atoms with E-state index in [1.165, 1.54) is 44.9 Å². The van der Waals surface area contributed by atoms with Crippen LogP contribution >= 0.6 is 0 Å². The predicted molar refractivity (Wildman–Crippen MR) is 166 cm³/mol. The first-order valence-corrected chi connectivity index (χ1v) is 18.4. The average Bonchev–Trinajstić information content (AvgIpc) is 3.29. The molecule has 41 heavy (non-hydrogen) atoms. The van der Waals surface area contributed by atoms with Crippen molar-refractivity contribution in [2.45, 2.75) is 139 Å². The third kappa shape index (κ3) is 9.27. The highest BCUT2D eigenvalue weighted by Crippen LogP contribution is 2.43. The molecule has 0 fully saturated rings. The second-order valence-electron chi connectivity index (χ2n) is 11.3. The summed E-state index contributed by atoms with van der Waals surface area (Å²) in [5.41, 5.74) is 1.55. The van der Waals surface area contributed by atoms with Crippen molar-refractivity contribution in [2.75, 3.05) is 0 Å². The van der Waals surface area contributed by atoms with Gasteiger partial charge in [-0.05, 0) is 37.3 Å². The van der Waals surface area contributed by atoms with Gasteiger partial charge in [0.1, 0.15) is 21.0 Å². The van der Waals surface area contributed by atoms with Gasteiger partial charge in [-0.2, -0.15) is 16.8 Å². The first-order chi connectivity index (χ1) is 19.6. The summed E-state index contributed by atoms with van der Waals surface area (Å²) in [5.74, 6) is 0. The van der Waals surface area contributed by atoms with E-state index in [1.54, 1.807) is 24.3 Å². The van der Waals surface area contributed by atoms with Gasteiger partial charge in [0.05, 0.1) is 5.39 Å². The van der Waals surface area contributed by atoms with Gasteiger partial charge >= 0.3 is 0 Å². The zero-order valence-corrected chi connectivity index (χ0v) is 26.4. The number of aryl methyl sites for hydroxylation is 1. The van der Waals surface area contributed by atoms with Crippen molar-refractivity contribution in [1.29, 1.82) is 0 Å². The van der Waals surface area contributed by atoms with E-state index in [2.05, 4.69) is 13.8 Å². The van der Waals surface area contributed by atoms with Crippen LogP contribution in [-0.2, 0) is 33.1 Å². The van der Waals surface area contributed by atoms with Crippen LogP contribution in [0.25, 0.3) is 21.9 Å². The molecule has 0 saturated heterocycles. The first kappa shape index (κ1) is 33.6. The van der Waals surface area contributed by atoms with Crippen molar-refractivity contribution in [3.63, 3.8) is 0 Å². The molecule has 1 aromatic heterocycles. The lowest BCUT2D eigenvalue weighted by molar-refractivity contribution is 0.465. The number of hydrogen-bond donors (Lipinski definition) is 2. The molecular weight excluding hydrogens is 560 g/mol. The quantitative estimate of drug-likeness (QED) is 0.0967. The summed E-state index contributed by atoms with van der Waals surface area (Å²) in [7, 11) is -10.0. The molecule has 0 aliphatic carbocycles. The van der Waals surface area contributed by atoms with Crippen molar-refractivity contribution in [2.24, 2.45) is 0 Å². The molecular formula is C32H48O7S2. The number of fused-ring (bicyclic) bond motifs is 3. The minimum atomic E-state index is -5.03. The van der Waals surface area contributed by atoms with E-state index >= 15 is 0 Å². The Balaban J connectivity index is 2.02. The summed E-state index contributed by atoms with van der Waals surface area (Å²) in [6.45, 7) is 4.37. The van der Waals surface area contributed by atoms with E-state index in [-0.39, 0.29) is 23.0 Å². The van der Waals surface area contributed by atoms with Gasteiger partial charge in [-0.15, -0.1) is 0 Å². The van der Waals surface area contributed by atoms with Crippen LogP contribution < -0.4 is 0 Å². The molecule has 9 heteroatoms. The largest absolute Gasteiger partial charge is 0.456 e. The lowest BCUT2D eigenvalue weighted by Gasteiger charge is -2.18. The molecule has 0 spiro atoms. The lowest BCUT2D eigenvalue weighted by Crippen LogP contribution is -2.15. The lowest BCUT2D eigenvalue weighted by atomic mass is 9.93. The van der Waals surface area contributed by atoms with Crippen LogP contribution in [0.2, 0.25) is 0 Å². The number of para-hydroxylation sites is 1. The second kappa shape index (κ2) is 16.1. The number of furan rings is 1. The molecule has 0 saturated carbocycles. The topological polar surface area (TPSA) is 122 Å². The van der Waals surface area contributed by atoms with Crippen LogP contribution in [-0.4, -0.2) is 25.9 Å². The van der Waals surface area contributed by atoms with E-state index in [0.29, 0.717) is 29.4 Å². The Morgan fingerprint density at radius 1 is 0.585 bits per heavy atom. The Morgan fingerprint density at radius 3 is 1.51 bits per heavy atom. The highest BCUT2D eigenvalue weighted by Gasteiger charge is 2.35. The van der Waals surface area contributed by atoms with Crippen LogP contribution in [0, 0.1) is 0 Å². The smallest absolute Gasteiger partial charge is 0.296 e. The van der Waals surface area contributed by atoms with Crippen molar-refractivity contribution in [3.05, 3.63) is 35.4 Å². The van der Waals surface area contributed by atoms with Crippen molar-refractivity contribution < 1.29 is 30.4 Å². The third-order valence-corrected chi connectivity index (χ3v) is 10.0. The zero-order valence-electron chi connectivity index (χ0n) is 24.8. The Kier molecular flexibility index (Phi) is 13.1. The molecule has 0 atom stereocenters. The molecule has 2 N–H and O–H groups in total. The minimum Gasteiger partial charge on any atom is -0.456 e. The number of benzene rings is 2. The fourth-order valence-corrected chi connectivity index (χ4v) is 8.25. The van der Waals surface area contributed by atoms with Gasteiger partial charge in [0.2, 0.25) is 0 Å². The maximum atomic E-state index is 12.9. The molecule has 0 aliphatic heterocycles. The van der Waals surface area contributed by atoms with Crippen molar-refractivity contribution in [1.82, 2.24) is 0 Å². The van der Waals surface area contributed by atoms with Crippen LogP contribution in [0.15, 0.2) is 38.5 Å². The Labute approximate surface area is 246 Å². The molecule has 0 bridgehead atoms. The minimum absolute atomic E-state index is 0.0185. The Bertz CT molecular complexity index is 1470. The highest BCUT2D eigenvalue weighted by atomic mass is 32.2. The summed E-state index contributed by atoms with van der Waals surface area (Å²) >= 11 is 0. The van der Waals surface area contributed by atoms with E-state index in [0.717, 1.165) is 51.4 Å². The molecule has 0 amide bonds. The predicted octanol–water partition coefficient (Wildman–Crippen LogP) is 9.45. The van der Waals surface area contributed by atoms with E-state index < -0.39 is 30.0 Å². The molecule has 0 radical (unpaired) electrons. The summed E-state index contributed by atoms with van der Waals surface area (Å²) in [6.07, 6.45) is 17.9. The van der Waals surface area contributed by atoms with Crippen LogP contribution in [0.3, 0.4) is 0 Å². The second-order valence-corrected chi connectivity index (χ2v) is 14.0. The molecule has 7 nitrogen and oxygen atoms in total. The van der Waals surface area contributed by atoms with Gasteiger partial charge in [-0.1, -0.05) is 122 Å². The number of hydrogen-bond acceptors (Lipinski definition) is 5. The van der Waals surface area contributed by atoms with Crippen LogP contribution in [0.5, 0.6) is 0 Å².